The average Bonchev–Trinajstić information content (AvgIpc) is 3.03. The van der Waals surface area contributed by atoms with E-state index in [0.29, 0.717) is 23.5 Å². The monoisotopic (exact) mass is 494 g/mol. The third kappa shape index (κ3) is 5.56. The molecule has 0 saturated heterocycles. The zero-order chi connectivity index (χ0) is 26.7. The van der Waals surface area contributed by atoms with Crippen LogP contribution < -0.4 is 5.73 Å². The van der Waals surface area contributed by atoms with Crippen LogP contribution in [0.25, 0.3) is 29.0 Å². The summed E-state index contributed by atoms with van der Waals surface area (Å²) >= 11 is 0. The molecule has 0 fully saturated rings. The van der Waals surface area contributed by atoms with E-state index in [4.69, 9.17) is 5.73 Å². The van der Waals surface area contributed by atoms with Crippen molar-refractivity contribution in [2.75, 3.05) is 19.6 Å². The first-order chi connectivity index (χ1) is 17.7. The van der Waals surface area contributed by atoms with Gasteiger partial charge in [0.25, 0.3) is 0 Å². The highest BCUT2D eigenvalue weighted by molar-refractivity contribution is 5.93. The van der Waals surface area contributed by atoms with Crippen LogP contribution in [0.2, 0.25) is 0 Å². The van der Waals surface area contributed by atoms with Gasteiger partial charge in [-0.2, -0.15) is 0 Å². The van der Waals surface area contributed by atoms with Gasteiger partial charge >= 0.3 is 0 Å². The van der Waals surface area contributed by atoms with Gasteiger partial charge in [0.15, 0.2) is 0 Å². The molecule has 0 spiro atoms. The number of phenols is 1. The molecule has 0 atom stereocenters. The van der Waals surface area contributed by atoms with Crippen LogP contribution in [0.5, 0.6) is 5.75 Å². The standard InChI is InChI=1S/C32H38N4O/c1-7-12-35(13-8-2)22(5)26-16-29-30(34-32(33)19-26)17-27(18-31(29)37)24-9-10-28-23(6)36(20-21(3)4)14-11-25(28)15-24/h9-11,14-18,37H,3,5-8,12-13,19-20H2,1-2,4H3,(H2,33,34). The molecule has 0 bridgehead atoms. The van der Waals surface area contributed by atoms with Crippen molar-refractivity contribution in [1.29, 1.82) is 0 Å². The zero-order valence-electron chi connectivity index (χ0n) is 22.3. The lowest BCUT2D eigenvalue weighted by atomic mass is 9.94. The zero-order valence-corrected chi connectivity index (χ0v) is 22.3. The van der Waals surface area contributed by atoms with E-state index in [0.717, 1.165) is 77.3 Å². The number of amidine groups is 1. The molecule has 0 unspecified atom stereocenters. The molecule has 2 aromatic rings. The summed E-state index contributed by atoms with van der Waals surface area (Å²) in [4.78, 5) is 9.09. The highest BCUT2D eigenvalue weighted by Gasteiger charge is 2.20. The summed E-state index contributed by atoms with van der Waals surface area (Å²) < 4.78 is 0. The summed E-state index contributed by atoms with van der Waals surface area (Å²) in [6.07, 6.45) is 8.70. The molecular formula is C32H38N4O. The average molecular weight is 495 g/mol. The second-order valence-corrected chi connectivity index (χ2v) is 9.96. The number of hydrogen-bond donors (Lipinski definition) is 2. The molecule has 3 N–H and O–H groups in total. The minimum atomic E-state index is 0.180. The lowest BCUT2D eigenvalue weighted by Crippen LogP contribution is -2.26. The van der Waals surface area contributed by atoms with Crippen LogP contribution in [0, 0.1) is 0 Å². The fourth-order valence-electron chi connectivity index (χ4n) is 4.95. The van der Waals surface area contributed by atoms with E-state index in [9.17, 15) is 5.11 Å². The minimum absolute atomic E-state index is 0.180. The number of phenolic OH excluding ortho intramolecular Hbond substituents is 1. The second kappa shape index (κ2) is 11.0. The Hall–Kier alpha value is -3.99. The maximum atomic E-state index is 11.1. The van der Waals surface area contributed by atoms with Gasteiger partial charge in [-0.25, -0.2) is 4.99 Å². The summed E-state index contributed by atoms with van der Waals surface area (Å²) in [6.45, 7) is 21.6. The van der Waals surface area contributed by atoms with Crippen molar-refractivity contribution in [3.63, 3.8) is 0 Å². The number of aromatic hydroxyl groups is 1. The van der Waals surface area contributed by atoms with Crippen LogP contribution in [0.15, 0.2) is 78.1 Å². The number of fused-ring (bicyclic) bond motifs is 2. The fourth-order valence-corrected chi connectivity index (χ4v) is 4.95. The molecule has 2 aliphatic rings. The summed E-state index contributed by atoms with van der Waals surface area (Å²) in [5.41, 5.74) is 15.7. The quantitative estimate of drug-likeness (QED) is 0.359. The number of rotatable bonds is 9. The first-order valence-electron chi connectivity index (χ1n) is 13.0. The Balaban J connectivity index is 1.70. The molecule has 5 heteroatoms. The smallest absolute Gasteiger partial charge is 0.125 e. The first-order valence-corrected chi connectivity index (χ1v) is 13.0. The van der Waals surface area contributed by atoms with E-state index < -0.39 is 0 Å². The first kappa shape index (κ1) is 26.1. The number of allylic oxidation sites excluding steroid dienone is 1. The lowest BCUT2D eigenvalue weighted by Gasteiger charge is -2.28. The SMILES string of the molecule is C=C(C)CN1C=Cc2cc(-c3cc(O)c4c(c3)N=C(N)CC(C(=C)N(CCC)CCC)=C4)ccc2C1=C. The van der Waals surface area contributed by atoms with Gasteiger partial charge in [-0.1, -0.05) is 51.3 Å². The van der Waals surface area contributed by atoms with Gasteiger partial charge in [0.1, 0.15) is 11.6 Å². The Kier molecular flexibility index (Phi) is 7.72. The minimum Gasteiger partial charge on any atom is -0.507 e. The predicted molar refractivity (Wildman–Crippen MR) is 158 cm³/mol. The topological polar surface area (TPSA) is 65.1 Å². The Morgan fingerprint density at radius 1 is 1.11 bits per heavy atom. The van der Waals surface area contributed by atoms with E-state index in [1.54, 1.807) is 6.07 Å². The highest BCUT2D eigenvalue weighted by Crippen LogP contribution is 2.40. The Morgan fingerprint density at radius 3 is 2.51 bits per heavy atom. The molecule has 4 rings (SSSR count). The molecular weight excluding hydrogens is 456 g/mol. The van der Waals surface area contributed by atoms with Gasteiger partial charge in [0.2, 0.25) is 0 Å². The summed E-state index contributed by atoms with van der Waals surface area (Å²) in [5, 5.41) is 11.1. The Bertz CT molecular complexity index is 1340. The van der Waals surface area contributed by atoms with E-state index >= 15 is 0 Å². The van der Waals surface area contributed by atoms with Gasteiger partial charge in [-0.05, 0) is 72.4 Å². The molecule has 2 aliphatic heterocycles. The van der Waals surface area contributed by atoms with Crippen molar-refractivity contribution in [3.8, 4) is 16.9 Å². The summed E-state index contributed by atoms with van der Waals surface area (Å²) in [5.74, 6) is 0.692. The molecule has 2 heterocycles. The maximum Gasteiger partial charge on any atom is 0.125 e. The highest BCUT2D eigenvalue weighted by atomic mass is 16.3. The van der Waals surface area contributed by atoms with Crippen molar-refractivity contribution in [2.45, 2.75) is 40.0 Å². The third-order valence-electron chi connectivity index (χ3n) is 6.75. The third-order valence-corrected chi connectivity index (χ3v) is 6.75. The molecule has 2 aromatic carbocycles. The molecule has 0 aliphatic carbocycles. The number of aliphatic imine (C=N–C) groups is 1. The number of nitrogens with two attached hydrogens (primary N) is 1. The van der Waals surface area contributed by atoms with Gasteiger partial charge in [0.05, 0.1) is 5.69 Å². The molecule has 192 valence electrons. The van der Waals surface area contributed by atoms with Gasteiger partial charge < -0.3 is 20.6 Å². The van der Waals surface area contributed by atoms with E-state index in [1.807, 2.05) is 25.3 Å². The van der Waals surface area contributed by atoms with Gasteiger partial charge in [-0.15, -0.1) is 0 Å². The van der Waals surface area contributed by atoms with Crippen LogP contribution in [0.1, 0.15) is 56.7 Å². The largest absolute Gasteiger partial charge is 0.507 e. The summed E-state index contributed by atoms with van der Waals surface area (Å²) in [6, 6.07) is 10.1. The number of hydrogen-bond acceptors (Lipinski definition) is 5. The molecule has 0 saturated carbocycles. The van der Waals surface area contributed by atoms with E-state index in [-0.39, 0.29) is 5.75 Å². The second-order valence-electron chi connectivity index (χ2n) is 9.96. The van der Waals surface area contributed by atoms with Crippen molar-refractivity contribution in [2.24, 2.45) is 10.7 Å². The Labute approximate surface area is 221 Å². The molecule has 0 aromatic heterocycles. The molecule has 37 heavy (non-hydrogen) atoms. The van der Waals surface area contributed by atoms with Crippen molar-refractivity contribution in [1.82, 2.24) is 9.80 Å². The van der Waals surface area contributed by atoms with Crippen molar-refractivity contribution >= 4 is 29.4 Å². The molecule has 0 radical (unpaired) electrons. The fraction of sp³-hybridized carbons (Fsp3) is 0.281. The van der Waals surface area contributed by atoms with Crippen LogP contribution in [0.3, 0.4) is 0 Å². The maximum absolute atomic E-state index is 11.1. The van der Waals surface area contributed by atoms with Crippen LogP contribution in [-0.4, -0.2) is 40.4 Å². The number of nitrogens with zero attached hydrogens (tertiary/aromatic N) is 3. The van der Waals surface area contributed by atoms with E-state index in [2.05, 4.69) is 72.7 Å². The van der Waals surface area contributed by atoms with Gasteiger partial charge in [-0.3, -0.25) is 0 Å². The predicted octanol–water partition coefficient (Wildman–Crippen LogP) is 7.30. The van der Waals surface area contributed by atoms with E-state index in [1.165, 1.54) is 0 Å². The van der Waals surface area contributed by atoms with Crippen molar-refractivity contribution in [3.05, 3.63) is 89.8 Å². The normalized spacial score (nSPS) is 14.4. The van der Waals surface area contributed by atoms with Crippen LogP contribution >= 0.6 is 0 Å². The van der Waals surface area contributed by atoms with Crippen LogP contribution in [-0.2, 0) is 0 Å². The summed E-state index contributed by atoms with van der Waals surface area (Å²) in [7, 11) is 0. The molecule has 0 amide bonds. The van der Waals surface area contributed by atoms with Crippen LogP contribution in [0.4, 0.5) is 5.69 Å². The number of benzene rings is 2. The molecule has 5 nitrogen and oxygen atoms in total. The Morgan fingerprint density at radius 2 is 1.84 bits per heavy atom. The van der Waals surface area contributed by atoms with Crippen molar-refractivity contribution < 1.29 is 5.11 Å². The lowest BCUT2D eigenvalue weighted by molar-refractivity contribution is 0.351. The van der Waals surface area contributed by atoms with Gasteiger partial charge in [0, 0.05) is 54.8 Å².